The van der Waals surface area contributed by atoms with Crippen molar-refractivity contribution in [3.8, 4) is 0 Å². The van der Waals surface area contributed by atoms with Crippen molar-refractivity contribution in [2.45, 2.75) is 20.3 Å². The lowest BCUT2D eigenvalue weighted by molar-refractivity contribution is 0.816. The molecular formula is C17H20N4S. The van der Waals surface area contributed by atoms with Gasteiger partial charge in [-0.25, -0.2) is 0 Å². The van der Waals surface area contributed by atoms with Crippen LogP contribution in [0.3, 0.4) is 0 Å². The molecule has 0 radical (unpaired) electrons. The molecule has 0 saturated heterocycles. The van der Waals surface area contributed by atoms with E-state index in [1.165, 1.54) is 0 Å². The third kappa shape index (κ3) is 4.63. The number of hydrazone groups is 1. The Morgan fingerprint density at radius 2 is 1.91 bits per heavy atom. The topological polar surface area (TPSA) is 49.3 Å². The lowest BCUT2D eigenvalue weighted by atomic mass is 10.1. The maximum atomic E-state index is 5.21. The molecule has 0 aliphatic carbocycles. The maximum absolute atomic E-state index is 5.21. The fourth-order valence-corrected chi connectivity index (χ4v) is 2.07. The number of hydrogen-bond acceptors (Lipinski definition) is 3. The largest absolute Gasteiger partial charge is 0.361 e. The van der Waals surface area contributed by atoms with Crippen LogP contribution in [0.15, 0.2) is 53.6 Å². The van der Waals surface area contributed by atoms with E-state index < -0.39 is 0 Å². The number of benzene rings is 1. The van der Waals surface area contributed by atoms with Crippen LogP contribution in [0.1, 0.15) is 30.3 Å². The summed E-state index contributed by atoms with van der Waals surface area (Å²) in [6.07, 6.45) is 1.01. The van der Waals surface area contributed by atoms with E-state index in [1.807, 2.05) is 55.5 Å². The van der Waals surface area contributed by atoms with Crippen molar-refractivity contribution in [2.75, 3.05) is 6.54 Å². The van der Waals surface area contributed by atoms with E-state index in [0.717, 1.165) is 35.6 Å². The van der Waals surface area contributed by atoms with Gasteiger partial charge in [-0.3, -0.25) is 10.4 Å². The van der Waals surface area contributed by atoms with Crippen LogP contribution in [0.25, 0.3) is 0 Å². The molecule has 2 N–H and O–H groups in total. The minimum atomic E-state index is 0.517. The van der Waals surface area contributed by atoms with E-state index in [-0.39, 0.29) is 0 Å². The molecule has 114 valence electrons. The lowest BCUT2D eigenvalue weighted by Gasteiger charge is -2.10. The Morgan fingerprint density at radius 1 is 1.14 bits per heavy atom. The first kappa shape index (κ1) is 16.1. The molecule has 0 saturated carbocycles. The molecule has 5 heteroatoms. The van der Waals surface area contributed by atoms with Crippen LogP contribution >= 0.6 is 12.2 Å². The molecule has 2 aromatic rings. The van der Waals surface area contributed by atoms with Gasteiger partial charge in [-0.2, -0.15) is 5.10 Å². The van der Waals surface area contributed by atoms with Gasteiger partial charge in [0.2, 0.25) is 0 Å². The van der Waals surface area contributed by atoms with Crippen molar-refractivity contribution in [1.82, 2.24) is 15.7 Å². The third-order valence-electron chi connectivity index (χ3n) is 2.98. The van der Waals surface area contributed by atoms with Crippen molar-refractivity contribution < 1.29 is 0 Å². The first-order valence-electron chi connectivity index (χ1n) is 7.31. The summed E-state index contributed by atoms with van der Waals surface area (Å²) in [7, 11) is 0. The van der Waals surface area contributed by atoms with Crippen LogP contribution < -0.4 is 10.7 Å². The first-order chi connectivity index (χ1) is 10.7. The van der Waals surface area contributed by atoms with Crippen molar-refractivity contribution in [3.63, 3.8) is 0 Å². The quantitative estimate of drug-likeness (QED) is 0.506. The molecule has 0 spiro atoms. The second kappa shape index (κ2) is 8.24. The van der Waals surface area contributed by atoms with Crippen LogP contribution in [-0.4, -0.2) is 22.4 Å². The molecule has 4 nitrogen and oxygen atoms in total. The monoisotopic (exact) mass is 312 g/mol. The van der Waals surface area contributed by atoms with Crippen molar-refractivity contribution in [3.05, 3.63) is 65.5 Å². The number of rotatable bonds is 5. The number of aryl methyl sites for hydroxylation is 1. The van der Waals surface area contributed by atoms with Crippen LogP contribution in [0.5, 0.6) is 0 Å². The van der Waals surface area contributed by atoms with E-state index in [0.29, 0.717) is 5.11 Å². The van der Waals surface area contributed by atoms with E-state index in [2.05, 4.69) is 27.8 Å². The molecule has 0 amide bonds. The van der Waals surface area contributed by atoms with Gasteiger partial charge in [0.25, 0.3) is 0 Å². The Bertz CT molecular complexity index is 653. The van der Waals surface area contributed by atoms with Gasteiger partial charge in [0.05, 0.1) is 5.69 Å². The Kier molecular flexibility index (Phi) is 6.03. The molecule has 1 heterocycles. The van der Waals surface area contributed by atoms with Crippen LogP contribution in [0, 0.1) is 6.92 Å². The standard InChI is InChI=1S/C17H20N4S/c1-3-12-18-17(22)21-20-16(14-9-5-4-6-10-14)15-11-7-8-13(2)19-15/h4-11H,3,12H2,1-2H3,(H2,18,21,22)/b20-16-. The average Bonchev–Trinajstić information content (AvgIpc) is 2.54. The lowest BCUT2D eigenvalue weighted by Crippen LogP contribution is -2.33. The number of thiocarbonyl (C=S) groups is 1. The first-order valence-corrected chi connectivity index (χ1v) is 7.72. The van der Waals surface area contributed by atoms with Crippen LogP contribution in [-0.2, 0) is 0 Å². The van der Waals surface area contributed by atoms with Gasteiger partial charge in [0.1, 0.15) is 5.71 Å². The minimum Gasteiger partial charge on any atom is -0.361 e. The van der Waals surface area contributed by atoms with Crippen LogP contribution in [0.2, 0.25) is 0 Å². The third-order valence-corrected chi connectivity index (χ3v) is 3.22. The van der Waals surface area contributed by atoms with Gasteiger partial charge in [0.15, 0.2) is 5.11 Å². The molecule has 2 rings (SSSR count). The summed E-state index contributed by atoms with van der Waals surface area (Å²) in [5, 5.41) is 8.07. The number of pyridine rings is 1. The number of nitrogens with zero attached hydrogens (tertiary/aromatic N) is 2. The number of hydrogen-bond donors (Lipinski definition) is 2. The Hall–Kier alpha value is -2.27. The summed E-state index contributed by atoms with van der Waals surface area (Å²) in [5.41, 5.74) is 6.43. The molecule has 1 aromatic carbocycles. The van der Waals surface area contributed by atoms with E-state index in [4.69, 9.17) is 12.2 Å². The SMILES string of the molecule is CCCNC(=S)N/N=C(/c1ccccc1)c1cccc(C)n1. The van der Waals surface area contributed by atoms with E-state index in [9.17, 15) is 0 Å². The van der Waals surface area contributed by atoms with Crippen molar-refractivity contribution >= 4 is 23.0 Å². The fourth-order valence-electron chi connectivity index (χ4n) is 1.93. The summed E-state index contributed by atoms with van der Waals surface area (Å²) in [4.78, 5) is 4.56. The number of nitrogens with one attached hydrogen (secondary N) is 2. The fraction of sp³-hybridized carbons (Fsp3) is 0.235. The van der Waals surface area contributed by atoms with Gasteiger partial charge < -0.3 is 5.32 Å². The zero-order valence-corrected chi connectivity index (χ0v) is 13.7. The molecule has 0 atom stereocenters. The molecule has 22 heavy (non-hydrogen) atoms. The predicted molar refractivity (Wildman–Crippen MR) is 95.1 cm³/mol. The highest BCUT2D eigenvalue weighted by atomic mass is 32.1. The van der Waals surface area contributed by atoms with E-state index in [1.54, 1.807) is 0 Å². The number of aromatic nitrogens is 1. The Morgan fingerprint density at radius 3 is 2.59 bits per heavy atom. The zero-order valence-electron chi connectivity index (χ0n) is 12.8. The van der Waals surface area contributed by atoms with Gasteiger partial charge in [0, 0.05) is 17.8 Å². The molecule has 1 aromatic heterocycles. The molecular weight excluding hydrogens is 292 g/mol. The summed E-state index contributed by atoms with van der Waals surface area (Å²) in [5.74, 6) is 0. The van der Waals surface area contributed by atoms with Gasteiger partial charge >= 0.3 is 0 Å². The molecule has 0 bridgehead atoms. The minimum absolute atomic E-state index is 0.517. The molecule has 0 unspecified atom stereocenters. The van der Waals surface area contributed by atoms with Crippen molar-refractivity contribution in [1.29, 1.82) is 0 Å². The molecule has 0 aliphatic heterocycles. The van der Waals surface area contributed by atoms with Gasteiger partial charge in [-0.05, 0) is 37.7 Å². The second-order valence-corrected chi connectivity index (χ2v) is 5.27. The maximum Gasteiger partial charge on any atom is 0.186 e. The smallest absolute Gasteiger partial charge is 0.186 e. The Labute approximate surface area is 136 Å². The Balaban J connectivity index is 2.28. The average molecular weight is 312 g/mol. The highest BCUT2D eigenvalue weighted by Gasteiger charge is 2.09. The zero-order chi connectivity index (χ0) is 15.8. The summed E-state index contributed by atoms with van der Waals surface area (Å²) in [6.45, 7) is 4.88. The van der Waals surface area contributed by atoms with Crippen LogP contribution in [0.4, 0.5) is 0 Å². The second-order valence-electron chi connectivity index (χ2n) is 4.86. The van der Waals surface area contributed by atoms with Crippen molar-refractivity contribution in [2.24, 2.45) is 5.10 Å². The summed E-state index contributed by atoms with van der Waals surface area (Å²) >= 11 is 5.21. The molecule has 0 fully saturated rings. The molecule has 0 aliphatic rings. The summed E-state index contributed by atoms with van der Waals surface area (Å²) < 4.78 is 0. The predicted octanol–water partition coefficient (Wildman–Crippen LogP) is 3.02. The highest BCUT2D eigenvalue weighted by Crippen LogP contribution is 2.09. The van der Waals surface area contributed by atoms with E-state index >= 15 is 0 Å². The highest BCUT2D eigenvalue weighted by molar-refractivity contribution is 7.80. The van der Waals surface area contributed by atoms with Gasteiger partial charge in [-0.15, -0.1) is 0 Å². The summed E-state index contributed by atoms with van der Waals surface area (Å²) in [6, 6.07) is 15.8. The van der Waals surface area contributed by atoms with Gasteiger partial charge in [-0.1, -0.05) is 43.3 Å². The normalized spacial score (nSPS) is 11.1.